The number of H-pyrrole nitrogens is 1. The molecule has 4 nitrogen and oxygen atoms in total. The van der Waals surface area contributed by atoms with Gasteiger partial charge in [-0.25, -0.2) is 4.98 Å². The number of pyridine rings is 1. The molecule has 0 unspecified atom stereocenters. The van der Waals surface area contributed by atoms with E-state index >= 15 is 0 Å². The Bertz CT molecular complexity index is 775. The highest BCUT2D eigenvalue weighted by Gasteiger charge is 2.02. The molecule has 0 fully saturated rings. The molecule has 0 aliphatic rings. The van der Waals surface area contributed by atoms with Gasteiger partial charge in [-0.1, -0.05) is 18.2 Å². The lowest BCUT2D eigenvalue weighted by Gasteiger charge is -2.05. The molecule has 1 aromatic carbocycles. The number of aromatic amines is 1. The average Bonchev–Trinajstić information content (AvgIpc) is 2.82. The van der Waals surface area contributed by atoms with E-state index in [2.05, 4.69) is 15.3 Å². The van der Waals surface area contributed by atoms with Crippen molar-refractivity contribution < 1.29 is 0 Å². The van der Waals surface area contributed by atoms with Gasteiger partial charge in [0.15, 0.2) is 0 Å². The third-order valence-electron chi connectivity index (χ3n) is 2.85. The Balaban J connectivity index is 1.87. The molecule has 0 atom stereocenters. The first-order valence-electron chi connectivity index (χ1n) is 5.99. The quantitative estimate of drug-likeness (QED) is 0.770. The fourth-order valence-electron chi connectivity index (χ4n) is 1.96. The second-order valence-corrected chi connectivity index (χ2v) is 5.28. The van der Waals surface area contributed by atoms with E-state index in [0.29, 0.717) is 11.9 Å². The second-order valence-electron chi connectivity index (χ2n) is 4.34. The smallest absolute Gasteiger partial charge is 0.257 e. The van der Waals surface area contributed by atoms with E-state index in [1.54, 1.807) is 11.3 Å². The number of nitrogens with zero attached hydrogens (tertiary/aromatic N) is 1. The van der Waals surface area contributed by atoms with E-state index in [9.17, 15) is 4.79 Å². The number of rotatable bonds is 3. The second kappa shape index (κ2) is 4.85. The highest BCUT2D eigenvalue weighted by Crippen LogP contribution is 2.14. The molecule has 3 rings (SSSR count). The van der Waals surface area contributed by atoms with Gasteiger partial charge in [-0.05, 0) is 24.4 Å². The van der Waals surface area contributed by atoms with E-state index < -0.39 is 0 Å². The van der Waals surface area contributed by atoms with E-state index in [4.69, 9.17) is 0 Å². The maximum absolute atomic E-state index is 11.9. The van der Waals surface area contributed by atoms with Gasteiger partial charge in [-0.2, -0.15) is 0 Å². The molecule has 96 valence electrons. The summed E-state index contributed by atoms with van der Waals surface area (Å²) < 4.78 is 0. The maximum Gasteiger partial charge on any atom is 0.257 e. The molecule has 0 aliphatic heterocycles. The summed E-state index contributed by atoms with van der Waals surface area (Å²) in [4.78, 5) is 19.1. The van der Waals surface area contributed by atoms with Crippen molar-refractivity contribution in [1.29, 1.82) is 0 Å². The van der Waals surface area contributed by atoms with E-state index in [-0.39, 0.29) is 5.56 Å². The van der Waals surface area contributed by atoms with E-state index in [0.717, 1.165) is 21.9 Å². The third-order valence-corrected chi connectivity index (χ3v) is 3.82. The molecule has 5 heteroatoms. The average molecular weight is 271 g/mol. The van der Waals surface area contributed by atoms with Crippen LogP contribution in [0.3, 0.4) is 0 Å². The number of aryl methyl sites for hydroxylation is 1. The topological polar surface area (TPSA) is 57.8 Å². The van der Waals surface area contributed by atoms with Gasteiger partial charge < -0.3 is 10.3 Å². The fourth-order valence-corrected chi connectivity index (χ4v) is 2.67. The molecule has 0 saturated carbocycles. The van der Waals surface area contributed by atoms with Gasteiger partial charge in [-0.3, -0.25) is 4.79 Å². The van der Waals surface area contributed by atoms with Gasteiger partial charge in [0.05, 0.1) is 6.54 Å². The number of hydrogen-bond acceptors (Lipinski definition) is 4. The van der Waals surface area contributed by atoms with Crippen LogP contribution >= 0.6 is 11.3 Å². The van der Waals surface area contributed by atoms with Crippen molar-refractivity contribution in [3.8, 4) is 0 Å². The fraction of sp³-hybridized carbons (Fsp3) is 0.143. The minimum atomic E-state index is -0.0732. The first kappa shape index (κ1) is 11.9. The van der Waals surface area contributed by atoms with Crippen LogP contribution in [0.15, 0.2) is 40.5 Å². The molecule has 0 aliphatic carbocycles. The Kier molecular flexibility index (Phi) is 3.05. The van der Waals surface area contributed by atoms with Crippen molar-refractivity contribution in [1.82, 2.24) is 9.97 Å². The van der Waals surface area contributed by atoms with Crippen LogP contribution in [0.2, 0.25) is 0 Å². The lowest BCUT2D eigenvalue weighted by molar-refractivity contribution is 1.05. The largest absolute Gasteiger partial charge is 0.365 e. The molecule has 3 aromatic rings. The van der Waals surface area contributed by atoms with Gasteiger partial charge in [0.1, 0.15) is 10.8 Å². The van der Waals surface area contributed by atoms with E-state index in [1.165, 1.54) is 0 Å². The van der Waals surface area contributed by atoms with Crippen LogP contribution in [0.25, 0.3) is 10.8 Å². The highest BCUT2D eigenvalue weighted by molar-refractivity contribution is 7.09. The Morgan fingerprint density at radius 2 is 2.21 bits per heavy atom. The standard InChI is InChI=1S/C14H13N3OS/c1-9-8-19-13(16-9)7-15-12-6-10-4-2-3-5-11(10)14(18)17-12/h2-6,8H,7H2,1H3,(H2,15,17,18). The Morgan fingerprint density at radius 1 is 1.37 bits per heavy atom. The monoisotopic (exact) mass is 271 g/mol. The van der Waals surface area contributed by atoms with Crippen molar-refractivity contribution in [2.45, 2.75) is 13.5 Å². The van der Waals surface area contributed by atoms with Crippen molar-refractivity contribution in [3.63, 3.8) is 0 Å². The number of hydrogen-bond donors (Lipinski definition) is 2. The van der Waals surface area contributed by atoms with Crippen LogP contribution in [-0.2, 0) is 6.54 Å². The van der Waals surface area contributed by atoms with Gasteiger partial charge in [0.25, 0.3) is 5.56 Å². The number of nitrogens with one attached hydrogen (secondary N) is 2. The van der Waals surface area contributed by atoms with Crippen LogP contribution < -0.4 is 10.9 Å². The summed E-state index contributed by atoms with van der Waals surface area (Å²) in [6.07, 6.45) is 0. The van der Waals surface area contributed by atoms with Gasteiger partial charge in [0, 0.05) is 16.5 Å². The molecule has 0 saturated heterocycles. The van der Waals surface area contributed by atoms with Crippen molar-refractivity contribution in [2.75, 3.05) is 5.32 Å². The molecule has 0 radical (unpaired) electrons. The maximum atomic E-state index is 11.9. The zero-order valence-electron chi connectivity index (χ0n) is 10.4. The SMILES string of the molecule is Cc1csc(CNc2cc3ccccc3c(=O)[nH]2)n1. The molecule has 0 amide bonds. The molecule has 0 spiro atoms. The minimum Gasteiger partial charge on any atom is -0.365 e. The molecule has 2 aromatic heterocycles. The number of aromatic nitrogens is 2. The first-order chi connectivity index (χ1) is 9.22. The number of fused-ring (bicyclic) bond motifs is 1. The molecule has 2 N–H and O–H groups in total. The molecule has 19 heavy (non-hydrogen) atoms. The Morgan fingerprint density at radius 3 is 3.00 bits per heavy atom. The molecule has 0 bridgehead atoms. The number of anilines is 1. The predicted octanol–water partition coefficient (Wildman–Crippen LogP) is 2.91. The van der Waals surface area contributed by atoms with Crippen molar-refractivity contribution >= 4 is 27.9 Å². The zero-order chi connectivity index (χ0) is 13.2. The summed E-state index contributed by atoms with van der Waals surface area (Å²) in [6.45, 7) is 2.59. The lowest BCUT2D eigenvalue weighted by atomic mass is 10.2. The normalized spacial score (nSPS) is 10.8. The summed E-state index contributed by atoms with van der Waals surface area (Å²) in [5, 5.41) is 7.86. The van der Waals surface area contributed by atoms with Gasteiger partial charge in [-0.15, -0.1) is 11.3 Å². The van der Waals surface area contributed by atoms with Gasteiger partial charge in [0.2, 0.25) is 0 Å². The summed E-state index contributed by atoms with van der Waals surface area (Å²) in [5.74, 6) is 0.719. The molecular formula is C14H13N3OS. The molecular weight excluding hydrogens is 258 g/mol. The van der Waals surface area contributed by atoms with Crippen LogP contribution in [0.1, 0.15) is 10.7 Å². The molecule has 2 heterocycles. The van der Waals surface area contributed by atoms with Crippen LogP contribution in [-0.4, -0.2) is 9.97 Å². The summed E-state index contributed by atoms with van der Waals surface area (Å²) in [6, 6.07) is 9.49. The summed E-state index contributed by atoms with van der Waals surface area (Å²) in [5.41, 5.74) is 0.949. The number of thiazole rings is 1. The highest BCUT2D eigenvalue weighted by atomic mass is 32.1. The summed E-state index contributed by atoms with van der Waals surface area (Å²) in [7, 11) is 0. The first-order valence-corrected chi connectivity index (χ1v) is 6.87. The number of benzene rings is 1. The lowest BCUT2D eigenvalue weighted by Crippen LogP contribution is -2.10. The van der Waals surface area contributed by atoms with E-state index in [1.807, 2.05) is 42.6 Å². The predicted molar refractivity (Wildman–Crippen MR) is 78.7 cm³/mol. The van der Waals surface area contributed by atoms with Crippen molar-refractivity contribution in [3.05, 3.63) is 56.8 Å². The van der Waals surface area contributed by atoms with Crippen LogP contribution in [0.4, 0.5) is 5.82 Å². The minimum absolute atomic E-state index is 0.0732. The Hall–Kier alpha value is -2.14. The Labute approximate surface area is 114 Å². The van der Waals surface area contributed by atoms with Crippen LogP contribution in [0, 0.1) is 6.92 Å². The van der Waals surface area contributed by atoms with Crippen molar-refractivity contribution in [2.24, 2.45) is 0 Å². The third kappa shape index (κ3) is 2.51. The van der Waals surface area contributed by atoms with Gasteiger partial charge >= 0.3 is 0 Å². The summed E-state index contributed by atoms with van der Waals surface area (Å²) >= 11 is 1.61. The zero-order valence-corrected chi connectivity index (χ0v) is 11.3. The van der Waals surface area contributed by atoms with Crippen LogP contribution in [0.5, 0.6) is 0 Å².